The standard InChI is InChI=1S/C14H12F2N2O3.C2H6/c1-9-7-13(20)17(5-6-19)14(21)18(9)8-10-11(15)3-2-4-12(10)16;1-2/h2-4,6-7H,5,8H2,1H3;1-2H3. The summed E-state index contributed by atoms with van der Waals surface area (Å²) in [4.78, 5) is 34.3. The molecule has 2 aromatic rings. The van der Waals surface area contributed by atoms with Gasteiger partial charge in [0.05, 0.1) is 13.1 Å². The van der Waals surface area contributed by atoms with Crippen molar-refractivity contribution in [2.75, 3.05) is 0 Å². The molecule has 5 nitrogen and oxygen atoms in total. The lowest BCUT2D eigenvalue weighted by Gasteiger charge is -2.13. The van der Waals surface area contributed by atoms with Gasteiger partial charge in [-0.15, -0.1) is 0 Å². The van der Waals surface area contributed by atoms with Crippen molar-refractivity contribution in [3.8, 4) is 0 Å². The van der Waals surface area contributed by atoms with Crippen LogP contribution in [0.2, 0.25) is 0 Å². The van der Waals surface area contributed by atoms with Gasteiger partial charge in [-0.3, -0.25) is 13.9 Å². The second-order valence-corrected chi connectivity index (χ2v) is 4.47. The van der Waals surface area contributed by atoms with Crippen molar-refractivity contribution in [2.24, 2.45) is 0 Å². The second-order valence-electron chi connectivity index (χ2n) is 4.47. The van der Waals surface area contributed by atoms with Crippen LogP contribution in [0.15, 0.2) is 33.9 Å². The minimum atomic E-state index is -0.783. The van der Waals surface area contributed by atoms with Gasteiger partial charge in [0.1, 0.15) is 17.9 Å². The zero-order chi connectivity index (χ0) is 17.6. The van der Waals surface area contributed by atoms with Gasteiger partial charge in [0.2, 0.25) is 0 Å². The molecule has 23 heavy (non-hydrogen) atoms. The molecule has 0 aliphatic rings. The average molecular weight is 324 g/mol. The molecule has 1 heterocycles. The van der Waals surface area contributed by atoms with Gasteiger partial charge in [-0.1, -0.05) is 19.9 Å². The third kappa shape index (κ3) is 4.00. The summed E-state index contributed by atoms with van der Waals surface area (Å²) in [6.07, 6.45) is 0.409. The number of hydrogen-bond acceptors (Lipinski definition) is 3. The summed E-state index contributed by atoms with van der Waals surface area (Å²) >= 11 is 0. The van der Waals surface area contributed by atoms with Crippen LogP contribution >= 0.6 is 0 Å². The predicted molar refractivity (Wildman–Crippen MR) is 82.6 cm³/mol. The monoisotopic (exact) mass is 324 g/mol. The summed E-state index contributed by atoms with van der Waals surface area (Å²) in [7, 11) is 0. The molecule has 0 fully saturated rings. The highest BCUT2D eigenvalue weighted by atomic mass is 19.1. The van der Waals surface area contributed by atoms with Crippen LogP contribution in [0, 0.1) is 18.6 Å². The molecule has 0 unspecified atom stereocenters. The van der Waals surface area contributed by atoms with Gasteiger partial charge in [0, 0.05) is 17.3 Å². The number of hydrogen-bond donors (Lipinski definition) is 0. The highest BCUT2D eigenvalue weighted by Gasteiger charge is 2.14. The Labute approximate surface area is 131 Å². The van der Waals surface area contributed by atoms with E-state index in [1.807, 2.05) is 13.8 Å². The van der Waals surface area contributed by atoms with Crippen molar-refractivity contribution in [3.05, 3.63) is 68.0 Å². The lowest BCUT2D eigenvalue weighted by Crippen LogP contribution is -2.41. The molecule has 0 bridgehead atoms. The first kappa shape index (κ1) is 18.5. The van der Waals surface area contributed by atoms with Crippen LogP contribution in [-0.4, -0.2) is 15.4 Å². The summed E-state index contributed by atoms with van der Waals surface area (Å²) in [6, 6.07) is 4.53. The Morgan fingerprint density at radius 2 is 1.65 bits per heavy atom. The van der Waals surface area contributed by atoms with Crippen molar-refractivity contribution in [3.63, 3.8) is 0 Å². The highest BCUT2D eigenvalue weighted by Crippen LogP contribution is 2.13. The molecule has 0 aliphatic heterocycles. The van der Waals surface area contributed by atoms with Crippen LogP contribution < -0.4 is 11.2 Å². The Morgan fingerprint density at radius 1 is 1.09 bits per heavy atom. The topological polar surface area (TPSA) is 61.1 Å². The molecular formula is C16H18F2N2O3. The fourth-order valence-corrected chi connectivity index (χ4v) is 2.00. The van der Waals surface area contributed by atoms with Crippen molar-refractivity contribution < 1.29 is 13.6 Å². The van der Waals surface area contributed by atoms with Crippen LogP contribution in [0.25, 0.3) is 0 Å². The maximum atomic E-state index is 13.6. The molecular weight excluding hydrogens is 306 g/mol. The van der Waals surface area contributed by atoms with Gasteiger partial charge in [-0.05, 0) is 19.1 Å². The first-order valence-electron chi connectivity index (χ1n) is 7.13. The molecule has 0 amide bonds. The van der Waals surface area contributed by atoms with Crippen molar-refractivity contribution in [1.82, 2.24) is 9.13 Å². The van der Waals surface area contributed by atoms with E-state index in [-0.39, 0.29) is 17.8 Å². The smallest absolute Gasteiger partial charge is 0.301 e. The van der Waals surface area contributed by atoms with Gasteiger partial charge in [-0.2, -0.15) is 0 Å². The summed E-state index contributed by atoms with van der Waals surface area (Å²) in [5.41, 5.74) is -1.43. The molecule has 0 atom stereocenters. The lowest BCUT2D eigenvalue weighted by molar-refractivity contribution is -0.108. The molecule has 7 heteroatoms. The maximum Gasteiger partial charge on any atom is 0.331 e. The summed E-state index contributed by atoms with van der Waals surface area (Å²) in [5.74, 6) is -1.57. The van der Waals surface area contributed by atoms with E-state index in [1.54, 1.807) is 0 Å². The van der Waals surface area contributed by atoms with Crippen molar-refractivity contribution in [2.45, 2.75) is 33.9 Å². The van der Waals surface area contributed by atoms with Crippen LogP contribution in [0.5, 0.6) is 0 Å². The Balaban J connectivity index is 0.00000127. The fourth-order valence-electron chi connectivity index (χ4n) is 2.00. The Kier molecular flexibility index (Phi) is 6.56. The number of halogens is 2. The predicted octanol–water partition coefficient (Wildman–Crippen LogP) is 1.87. The zero-order valence-corrected chi connectivity index (χ0v) is 13.2. The molecule has 0 N–H and O–H groups in total. The average Bonchev–Trinajstić information content (AvgIpc) is 2.52. The molecule has 124 valence electrons. The van der Waals surface area contributed by atoms with E-state index in [0.29, 0.717) is 10.9 Å². The van der Waals surface area contributed by atoms with E-state index in [1.165, 1.54) is 13.0 Å². The van der Waals surface area contributed by atoms with Crippen molar-refractivity contribution >= 4 is 6.29 Å². The molecule has 0 saturated heterocycles. The minimum Gasteiger partial charge on any atom is -0.301 e. The van der Waals surface area contributed by atoms with Crippen LogP contribution in [0.3, 0.4) is 0 Å². The van der Waals surface area contributed by atoms with E-state index in [0.717, 1.165) is 22.8 Å². The summed E-state index contributed by atoms with van der Waals surface area (Å²) < 4.78 is 29.0. The molecule has 1 aromatic heterocycles. The Bertz CT molecular complexity index is 790. The number of aldehydes is 1. The van der Waals surface area contributed by atoms with E-state index in [9.17, 15) is 23.2 Å². The van der Waals surface area contributed by atoms with Gasteiger partial charge in [0.15, 0.2) is 0 Å². The normalized spacial score (nSPS) is 9.96. The molecule has 1 aromatic carbocycles. The third-order valence-electron chi connectivity index (χ3n) is 3.12. The molecule has 0 spiro atoms. The number of carbonyl (C=O) groups excluding carboxylic acids is 1. The zero-order valence-electron chi connectivity index (χ0n) is 13.2. The third-order valence-corrected chi connectivity index (χ3v) is 3.12. The molecule has 2 rings (SSSR count). The molecule has 0 aliphatic carbocycles. The van der Waals surface area contributed by atoms with Crippen LogP contribution in [-0.2, 0) is 17.9 Å². The number of nitrogens with zero attached hydrogens (tertiary/aromatic N) is 2. The Hall–Kier alpha value is -2.57. The lowest BCUT2D eigenvalue weighted by atomic mass is 10.2. The number of carbonyl (C=O) groups is 1. The van der Waals surface area contributed by atoms with Gasteiger partial charge in [-0.25, -0.2) is 13.6 Å². The van der Waals surface area contributed by atoms with E-state index < -0.39 is 29.4 Å². The van der Waals surface area contributed by atoms with E-state index >= 15 is 0 Å². The first-order chi connectivity index (χ1) is 11.0. The quantitative estimate of drug-likeness (QED) is 0.807. The SMILES string of the molecule is CC.Cc1cc(=O)n(CC=O)c(=O)n1Cc1c(F)cccc1F. The van der Waals surface area contributed by atoms with E-state index in [4.69, 9.17) is 0 Å². The van der Waals surface area contributed by atoms with Gasteiger partial charge >= 0.3 is 5.69 Å². The van der Waals surface area contributed by atoms with Crippen molar-refractivity contribution in [1.29, 1.82) is 0 Å². The molecule has 0 saturated carbocycles. The number of rotatable bonds is 4. The minimum absolute atomic E-state index is 0.259. The van der Waals surface area contributed by atoms with Gasteiger partial charge in [0.25, 0.3) is 5.56 Å². The Morgan fingerprint density at radius 3 is 2.17 bits per heavy atom. The number of aryl methyl sites for hydroxylation is 1. The maximum absolute atomic E-state index is 13.6. The largest absolute Gasteiger partial charge is 0.331 e. The summed E-state index contributed by atoms with van der Waals surface area (Å²) in [5, 5.41) is 0. The second kappa shape index (κ2) is 8.17. The first-order valence-corrected chi connectivity index (χ1v) is 7.13. The highest BCUT2D eigenvalue weighted by molar-refractivity contribution is 5.48. The van der Waals surface area contributed by atoms with Gasteiger partial charge < -0.3 is 4.79 Å². The number of aromatic nitrogens is 2. The number of benzene rings is 1. The van der Waals surface area contributed by atoms with Crippen LogP contribution in [0.1, 0.15) is 25.1 Å². The fraction of sp³-hybridized carbons (Fsp3) is 0.312. The molecule has 0 radical (unpaired) electrons. The van der Waals surface area contributed by atoms with Crippen LogP contribution in [0.4, 0.5) is 8.78 Å². The summed E-state index contributed by atoms with van der Waals surface area (Å²) in [6.45, 7) is 4.72. The van der Waals surface area contributed by atoms with E-state index in [2.05, 4.69) is 0 Å².